The quantitative estimate of drug-likeness (QED) is 0.194. The van der Waals surface area contributed by atoms with Gasteiger partial charge in [-0.2, -0.15) is 0 Å². The molecule has 2 aliphatic rings. The van der Waals surface area contributed by atoms with Crippen LogP contribution in [0.15, 0.2) is 35.5 Å². The molecule has 6 atom stereocenters. The number of carbonyl (C=O) groups is 1. The summed E-state index contributed by atoms with van der Waals surface area (Å²) < 4.78 is 1.52. The molecule has 188 valence electrons. The predicted molar refractivity (Wildman–Crippen MR) is 136 cm³/mol. The minimum absolute atomic E-state index is 0.0560. The monoisotopic (exact) mass is 507 g/mol. The van der Waals surface area contributed by atoms with Gasteiger partial charge in [0.2, 0.25) is 5.91 Å². The summed E-state index contributed by atoms with van der Waals surface area (Å²) >= 11 is 1.54. The summed E-state index contributed by atoms with van der Waals surface area (Å²) in [5, 5.41) is 36.7. The molecule has 11 heteroatoms. The van der Waals surface area contributed by atoms with Gasteiger partial charge in [0, 0.05) is 17.7 Å². The van der Waals surface area contributed by atoms with Crippen LogP contribution < -0.4 is 10.6 Å². The van der Waals surface area contributed by atoms with Crippen molar-refractivity contribution in [2.45, 2.75) is 61.6 Å². The first kappa shape index (κ1) is 24.5. The van der Waals surface area contributed by atoms with Crippen LogP contribution in [-0.4, -0.2) is 71.6 Å². The third-order valence-corrected chi connectivity index (χ3v) is 7.80. The molecule has 3 aromatic rings. The minimum atomic E-state index is -1.25. The molecule has 10 nitrogen and oxygen atoms in total. The lowest BCUT2D eigenvalue weighted by molar-refractivity contribution is -0.128. The number of aliphatic hydroxyl groups excluding tert-OH is 2. The summed E-state index contributed by atoms with van der Waals surface area (Å²) in [5.74, 6) is 2.98. The van der Waals surface area contributed by atoms with Gasteiger partial charge < -0.3 is 20.8 Å². The van der Waals surface area contributed by atoms with Gasteiger partial charge >= 0.3 is 0 Å². The van der Waals surface area contributed by atoms with Gasteiger partial charge in [-0.3, -0.25) is 4.79 Å². The van der Waals surface area contributed by atoms with Crippen molar-refractivity contribution in [1.29, 1.82) is 0 Å². The Bertz CT molecular complexity index is 1280. The topological polar surface area (TPSA) is 138 Å². The number of anilines is 1. The minimum Gasteiger partial charge on any atom is -0.390 e. The van der Waals surface area contributed by atoms with Crippen LogP contribution in [0.4, 0.5) is 5.82 Å². The number of terminal acetylenes is 1. The lowest BCUT2D eigenvalue weighted by Crippen LogP contribution is -2.38. The van der Waals surface area contributed by atoms with Crippen molar-refractivity contribution < 1.29 is 15.0 Å². The lowest BCUT2D eigenvalue weighted by Gasteiger charge is -2.17. The van der Waals surface area contributed by atoms with E-state index < -0.39 is 30.1 Å². The first-order valence-corrected chi connectivity index (χ1v) is 13.1. The second-order valence-corrected chi connectivity index (χ2v) is 10.3. The number of thioether (sulfide) groups is 1. The Hall–Kier alpha value is -3.20. The molecular formula is C25H29N7O3S. The van der Waals surface area contributed by atoms with E-state index in [2.05, 4.69) is 45.9 Å². The lowest BCUT2D eigenvalue weighted by atomic mass is 10.0. The van der Waals surface area contributed by atoms with E-state index in [1.54, 1.807) is 0 Å². The van der Waals surface area contributed by atoms with E-state index in [0.29, 0.717) is 28.1 Å². The van der Waals surface area contributed by atoms with Crippen LogP contribution in [0, 0.1) is 18.3 Å². The number of aromatic nitrogens is 5. The fourth-order valence-corrected chi connectivity index (χ4v) is 5.46. The average molecular weight is 508 g/mol. The van der Waals surface area contributed by atoms with E-state index in [-0.39, 0.29) is 19.0 Å². The molecule has 4 N–H and O–H groups in total. The van der Waals surface area contributed by atoms with Crippen LogP contribution >= 0.6 is 11.8 Å². The largest absolute Gasteiger partial charge is 0.390 e. The zero-order valence-corrected chi connectivity index (χ0v) is 20.7. The van der Waals surface area contributed by atoms with Crippen molar-refractivity contribution in [2.75, 3.05) is 17.6 Å². The summed E-state index contributed by atoms with van der Waals surface area (Å²) in [6.07, 6.45) is 4.90. The molecule has 0 aliphatic heterocycles. The molecular weight excluding hydrogens is 478 g/mol. The van der Waals surface area contributed by atoms with Gasteiger partial charge in [0.1, 0.15) is 6.10 Å². The fraction of sp³-hybridized carbons (Fsp3) is 0.480. The molecule has 2 aromatic heterocycles. The maximum absolute atomic E-state index is 12.5. The summed E-state index contributed by atoms with van der Waals surface area (Å²) in [6.45, 7) is 2.15. The zero-order valence-electron chi connectivity index (χ0n) is 19.9. The molecule has 6 unspecified atom stereocenters. The Morgan fingerprint density at radius 2 is 2.03 bits per heavy atom. The maximum Gasteiger partial charge on any atom is 0.226 e. The Kier molecular flexibility index (Phi) is 7.09. The molecule has 36 heavy (non-hydrogen) atoms. The summed E-state index contributed by atoms with van der Waals surface area (Å²) in [7, 11) is 0. The van der Waals surface area contributed by atoms with Gasteiger partial charge in [0.15, 0.2) is 22.1 Å². The highest BCUT2D eigenvalue weighted by Gasteiger charge is 2.47. The van der Waals surface area contributed by atoms with Crippen molar-refractivity contribution in [3.63, 3.8) is 0 Å². The number of hydrogen-bond donors (Lipinski definition) is 4. The Morgan fingerprint density at radius 3 is 2.78 bits per heavy atom. The molecule has 2 heterocycles. The van der Waals surface area contributed by atoms with Crippen LogP contribution in [0.5, 0.6) is 0 Å². The summed E-state index contributed by atoms with van der Waals surface area (Å²) in [6, 6.07) is 9.90. The summed E-state index contributed by atoms with van der Waals surface area (Å²) in [4.78, 5) is 21.9. The molecule has 1 aromatic carbocycles. The van der Waals surface area contributed by atoms with E-state index in [0.717, 1.165) is 18.6 Å². The standard InChI is InChI=1S/C25H29N7O3S/c1-3-10-26-24(35)16-13-18(21(34)20(16)33)32-23-19(30-31-32)22(28-25(29-23)36-11-4-2)27-17-12-15(17)14-8-6-5-7-9-14/h1,5-9,15-18,20-21,33-34H,4,10-13H2,2H3,(H,26,35)(H,27,28,29). The van der Waals surface area contributed by atoms with Crippen molar-refractivity contribution in [3.8, 4) is 12.3 Å². The zero-order chi connectivity index (χ0) is 25.2. The number of nitrogens with zero attached hydrogens (tertiary/aromatic N) is 5. The van der Waals surface area contributed by atoms with Crippen molar-refractivity contribution >= 4 is 34.7 Å². The number of rotatable bonds is 9. The summed E-state index contributed by atoms with van der Waals surface area (Å²) in [5.41, 5.74) is 2.24. The van der Waals surface area contributed by atoms with Crippen LogP contribution in [0.1, 0.15) is 43.7 Å². The first-order chi connectivity index (χ1) is 17.5. The smallest absolute Gasteiger partial charge is 0.226 e. The van der Waals surface area contributed by atoms with Gasteiger partial charge in [0.05, 0.1) is 24.6 Å². The van der Waals surface area contributed by atoms with Crippen molar-refractivity contribution in [3.05, 3.63) is 35.9 Å². The molecule has 2 aliphatic carbocycles. The molecule has 0 saturated heterocycles. The van der Waals surface area contributed by atoms with Gasteiger partial charge in [-0.1, -0.05) is 60.2 Å². The fourth-order valence-electron chi connectivity index (χ4n) is 4.77. The Labute approximate surface area is 213 Å². The molecule has 0 radical (unpaired) electrons. The first-order valence-electron chi connectivity index (χ1n) is 12.2. The van der Waals surface area contributed by atoms with E-state index in [4.69, 9.17) is 16.4 Å². The van der Waals surface area contributed by atoms with Crippen LogP contribution in [-0.2, 0) is 4.79 Å². The highest BCUT2D eigenvalue weighted by atomic mass is 32.2. The highest BCUT2D eigenvalue weighted by molar-refractivity contribution is 7.99. The molecule has 5 rings (SSSR count). The number of fused-ring (bicyclic) bond motifs is 1. The Morgan fingerprint density at radius 1 is 1.22 bits per heavy atom. The normalized spacial score (nSPS) is 27.1. The van der Waals surface area contributed by atoms with E-state index in [1.165, 1.54) is 22.0 Å². The van der Waals surface area contributed by atoms with Gasteiger partial charge in [-0.15, -0.1) is 11.5 Å². The van der Waals surface area contributed by atoms with Crippen LogP contribution in [0.25, 0.3) is 11.2 Å². The van der Waals surface area contributed by atoms with Gasteiger partial charge in [-0.25, -0.2) is 14.6 Å². The number of amides is 1. The van der Waals surface area contributed by atoms with E-state index in [1.807, 2.05) is 18.2 Å². The molecule has 0 spiro atoms. The second kappa shape index (κ2) is 10.4. The number of nitrogens with one attached hydrogen (secondary N) is 2. The third-order valence-electron chi connectivity index (χ3n) is 6.75. The van der Waals surface area contributed by atoms with E-state index in [9.17, 15) is 15.0 Å². The third kappa shape index (κ3) is 4.76. The predicted octanol–water partition coefficient (Wildman–Crippen LogP) is 1.72. The average Bonchev–Trinajstić information content (AvgIpc) is 3.44. The van der Waals surface area contributed by atoms with Crippen molar-refractivity contribution in [2.24, 2.45) is 5.92 Å². The second-order valence-electron chi connectivity index (χ2n) is 9.23. The molecule has 2 saturated carbocycles. The number of benzene rings is 1. The molecule has 1 amide bonds. The van der Waals surface area contributed by atoms with Gasteiger partial charge in [0.25, 0.3) is 0 Å². The maximum atomic E-state index is 12.5. The number of aliphatic hydroxyl groups is 2. The number of hydrogen-bond acceptors (Lipinski definition) is 9. The number of carbonyl (C=O) groups excluding carboxylic acids is 1. The molecule has 2 fully saturated rings. The van der Waals surface area contributed by atoms with E-state index >= 15 is 0 Å². The van der Waals surface area contributed by atoms with Crippen LogP contribution in [0.3, 0.4) is 0 Å². The SMILES string of the molecule is C#CCNC(=O)C1CC(n2nnc3c(NC4CC4c4ccccc4)nc(SCCC)nc32)C(O)C1O. The highest BCUT2D eigenvalue weighted by Crippen LogP contribution is 2.43. The Balaban J connectivity index is 1.43. The molecule has 0 bridgehead atoms. The van der Waals surface area contributed by atoms with Crippen molar-refractivity contribution in [1.82, 2.24) is 30.3 Å². The van der Waals surface area contributed by atoms with Gasteiger partial charge in [-0.05, 0) is 24.8 Å². The van der Waals surface area contributed by atoms with Crippen LogP contribution in [0.2, 0.25) is 0 Å².